The third-order valence-electron chi connectivity index (χ3n) is 4.18. The van der Waals surface area contributed by atoms with E-state index in [1.807, 2.05) is 0 Å². The first kappa shape index (κ1) is 22.1. The molecule has 1 heterocycles. The zero-order valence-electron chi connectivity index (χ0n) is 15.9. The standard InChI is InChI=1S/C19H21NO9/c1-4-5-15(22)12-6-7-16(14(8-12)20(24)25)28-18-10-13(27-11(2)21)9-17(29-18)19(23)26-3/h1,6-8,13,15,17-18,22H,5,9-10H2,2-3H3/t13-,15?,17-,18?/m0/s1. The highest BCUT2D eigenvalue weighted by Gasteiger charge is 2.38. The number of benzene rings is 1. The van der Waals surface area contributed by atoms with Gasteiger partial charge in [0.05, 0.1) is 18.1 Å². The molecule has 2 unspecified atom stereocenters. The van der Waals surface area contributed by atoms with Crippen molar-refractivity contribution >= 4 is 17.6 Å². The molecule has 0 aromatic heterocycles. The summed E-state index contributed by atoms with van der Waals surface area (Å²) in [6.07, 6.45) is 1.38. The van der Waals surface area contributed by atoms with E-state index in [4.69, 9.17) is 20.6 Å². The van der Waals surface area contributed by atoms with Gasteiger partial charge in [-0.05, 0) is 11.6 Å². The number of terminal acetylenes is 1. The molecule has 10 nitrogen and oxygen atoms in total. The number of carbonyl (C=O) groups excluding carboxylic acids is 2. The van der Waals surface area contributed by atoms with Crippen molar-refractivity contribution in [2.24, 2.45) is 0 Å². The molecule has 4 atom stereocenters. The van der Waals surface area contributed by atoms with Crippen LogP contribution in [-0.2, 0) is 23.8 Å². The summed E-state index contributed by atoms with van der Waals surface area (Å²) in [6, 6.07) is 3.90. The Kier molecular flexibility index (Phi) is 7.52. The van der Waals surface area contributed by atoms with Crippen LogP contribution in [0.1, 0.15) is 37.9 Å². The third kappa shape index (κ3) is 5.91. The zero-order chi connectivity index (χ0) is 21.6. The number of nitrogens with zero attached hydrogens (tertiary/aromatic N) is 1. The molecule has 0 saturated carbocycles. The van der Waals surface area contributed by atoms with Crippen LogP contribution in [0.25, 0.3) is 0 Å². The number of aliphatic hydroxyl groups excluding tert-OH is 1. The highest BCUT2D eigenvalue weighted by Crippen LogP contribution is 2.34. The van der Waals surface area contributed by atoms with Gasteiger partial charge in [0.15, 0.2) is 11.9 Å². The van der Waals surface area contributed by atoms with Crippen LogP contribution >= 0.6 is 0 Å². The molecule has 0 bridgehead atoms. The summed E-state index contributed by atoms with van der Waals surface area (Å²) < 4.78 is 20.9. The van der Waals surface area contributed by atoms with Crippen molar-refractivity contribution in [3.8, 4) is 18.1 Å². The zero-order valence-corrected chi connectivity index (χ0v) is 15.9. The third-order valence-corrected chi connectivity index (χ3v) is 4.18. The second-order valence-electron chi connectivity index (χ2n) is 6.31. The number of aliphatic hydroxyl groups is 1. The lowest BCUT2D eigenvalue weighted by Gasteiger charge is -2.33. The van der Waals surface area contributed by atoms with E-state index < -0.39 is 47.2 Å². The Morgan fingerprint density at radius 2 is 2.17 bits per heavy atom. The van der Waals surface area contributed by atoms with Gasteiger partial charge in [-0.25, -0.2) is 4.79 Å². The van der Waals surface area contributed by atoms with Gasteiger partial charge in [-0.1, -0.05) is 6.07 Å². The lowest BCUT2D eigenvalue weighted by molar-refractivity contribution is -0.386. The van der Waals surface area contributed by atoms with Crippen molar-refractivity contribution in [3.63, 3.8) is 0 Å². The van der Waals surface area contributed by atoms with Crippen LogP contribution < -0.4 is 4.74 Å². The molecule has 1 fully saturated rings. The largest absolute Gasteiger partial charge is 0.467 e. The van der Waals surface area contributed by atoms with E-state index in [0.29, 0.717) is 0 Å². The van der Waals surface area contributed by atoms with E-state index >= 15 is 0 Å². The van der Waals surface area contributed by atoms with Crippen molar-refractivity contribution in [3.05, 3.63) is 33.9 Å². The predicted molar refractivity (Wildman–Crippen MR) is 97.6 cm³/mol. The Morgan fingerprint density at radius 1 is 1.45 bits per heavy atom. The first-order valence-electron chi connectivity index (χ1n) is 8.72. The molecule has 1 aromatic rings. The minimum Gasteiger partial charge on any atom is -0.467 e. The number of hydrogen-bond donors (Lipinski definition) is 1. The van der Waals surface area contributed by atoms with Gasteiger partial charge in [0, 0.05) is 32.3 Å². The van der Waals surface area contributed by atoms with E-state index in [2.05, 4.69) is 10.7 Å². The summed E-state index contributed by atoms with van der Waals surface area (Å²) in [5, 5.41) is 21.4. The Hall–Kier alpha value is -3.16. The van der Waals surface area contributed by atoms with Crippen molar-refractivity contribution in [2.75, 3.05) is 7.11 Å². The van der Waals surface area contributed by atoms with Crippen LogP contribution in [0.2, 0.25) is 0 Å². The number of carbonyl (C=O) groups is 2. The molecule has 29 heavy (non-hydrogen) atoms. The molecule has 0 radical (unpaired) electrons. The second-order valence-corrected chi connectivity index (χ2v) is 6.31. The fourth-order valence-electron chi connectivity index (χ4n) is 2.89. The average Bonchev–Trinajstić information content (AvgIpc) is 2.66. The molecule has 1 aromatic carbocycles. The number of esters is 2. The maximum atomic E-state index is 11.9. The van der Waals surface area contributed by atoms with Crippen LogP contribution in [0.3, 0.4) is 0 Å². The molecule has 10 heteroatoms. The van der Waals surface area contributed by atoms with Crippen molar-refractivity contribution in [2.45, 2.75) is 50.8 Å². The lowest BCUT2D eigenvalue weighted by Crippen LogP contribution is -2.44. The highest BCUT2D eigenvalue weighted by molar-refractivity contribution is 5.74. The van der Waals surface area contributed by atoms with Crippen LogP contribution in [-0.4, -0.2) is 47.6 Å². The van der Waals surface area contributed by atoms with Crippen LogP contribution in [0.15, 0.2) is 18.2 Å². The van der Waals surface area contributed by atoms with Gasteiger partial charge in [0.1, 0.15) is 6.10 Å². The molecular formula is C19H21NO9. The summed E-state index contributed by atoms with van der Waals surface area (Å²) in [6.45, 7) is 1.23. The summed E-state index contributed by atoms with van der Waals surface area (Å²) in [4.78, 5) is 33.9. The van der Waals surface area contributed by atoms with E-state index in [1.165, 1.54) is 26.2 Å². The number of nitro groups is 1. The van der Waals surface area contributed by atoms with Gasteiger partial charge in [0.25, 0.3) is 0 Å². The van der Waals surface area contributed by atoms with Gasteiger partial charge in [-0.3, -0.25) is 14.9 Å². The Bertz CT molecular complexity index is 816. The number of rotatable bonds is 7. The fourth-order valence-corrected chi connectivity index (χ4v) is 2.89. The number of nitro benzene ring substituents is 1. The van der Waals surface area contributed by atoms with Crippen molar-refractivity contribution in [1.82, 2.24) is 0 Å². The van der Waals surface area contributed by atoms with Gasteiger partial charge < -0.3 is 24.1 Å². The van der Waals surface area contributed by atoms with Crippen LogP contribution in [0.4, 0.5) is 5.69 Å². The van der Waals surface area contributed by atoms with E-state index in [-0.39, 0.29) is 30.6 Å². The number of ether oxygens (including phenoxy) is 4. The van der Waals surface area contributed by atoms with Gasteiger partial charge >= 0.3 is 17.6 Å². The Labute approximate surface area is 166 Å². The molecule has 0 spiro atoms. The lowest BCUT2D eigenvalue weighted by atomic mass is 10.0. The molecular weight excluding hydrogens is 386 g/mol. The maximum absolute atomic E-state index is 11.9. The van der Waals surface area contributed by atoms with Gasteiger partial charge in [0.2, 0.25) is 6.29 Å². The number of hydrogen-bond acceptors (Lipinski definition) is 9. The first-order valence-corrected chi connectivity index (χ1v) is 8.72. The predicted octanol–water partition coefficient (Wildman–Crippen LogP) is 1.64. The summed E-state index contributed by atoms with van der Waals surface area (Å²) in [5.74, 6) is 0.918. The monoisotopic (exact) mass is 407 g/mol. The summed E-state index contributed by atoms with van der Waals surface area (Å²) >= 11 is 0. The average molecular weight is 407 g/mol. The molecule has 0 amide bonds. The van der Waals surface area contributed by atoms with Crippen molar-refractivity contribution in [1.29, 1.82) is 0 Å². The van der Waals surface area contributed by atoms with E-state index in [9.17, 15) is 24.8 Å². The maximum Gasteiger partial charge on any atom is 0.335 e. The Balaban J connectivity index is 2.25. The topological polar surface area (TPSA) is 134 Å². The van der Waals surface area contributed by atoms with Gasteiger partial charge in [-0.2, -0.15) is 0 Å². The number of methoxy groups -OCH3 is 1. The molecule has 1 N–H and O–H groups in total. The van der Waals surface area contributed by atoms with Gasteiger partial charge in [-0.15, -0.1) is 12.3 Å². The molecule has 0 aliphatic carbocycles. The first-order chi connectivity index (χ1) is 13.7. The van der Waals surface area contributed by atoms with Crippen LogP contribution in [0.5, 0.6) is 5.75 Å². The highest BCUT2D eigenvalue weighted by atomic mass is 16.7. The minimum atomic E-state index is -1.10. The van der Waals surface area contributed by atoms with E-state index in [1.54, 1.807) is 0 Å². The quantitative estimate of drug-likeness (QED) is 0.310. The second kappa shape index (κ2) is 9.86. The summed E-state index contributed by atoms with van der Waals surface area (Å²) in [5.41, 5.74) is -0.150. The normalized spacial score (nSPS) is 22.1. The van der Waals surface area contributed by atoms with E-state index in [0.717, 1.165) is 6.07 Å². The fraction of sp³-hybridized carbons (Fsp3) is 0.474. The smallest absolute Gasteiger partial charge is 0.335 e. The Morgan fingerprint density at radius 3 is 2.76 bits per heavy atom. The molecule has 1 aliphatic heterocycles. The molecule has 1 saturated heterocycles. The SMILES string of the molecule is C#CCC(O)c1ccc(OC2C[C@@H](OC(C)=O)C[C@@H](C(=O)OC)O2)c([N+](=O)[O-])c1. The molecule has 1 aliphatic rings. The minimum absolute atomic E-state index is 0.00598. The summed E-state index contributed by atoms with van der Waals surface area (Å²) in [7, 11) is 1.18. The van der Waals surface area contributed by atoms with Crippen LogP contribution in [0, 0.1) is 22.5 Å². The molecule has 2 rings (SSSR count). The van der Waals surface area contributed by atoms with Crippen molar-refractivity contribution < 1.29 is 38.6 Å². The molecule has 156 valence electrons.